The Hall–Kier alpha value is -2.14. The zero-order chi connectivity index (χ0) is 26.0. The Balaban J connectivity index is 1.41. The van der Waals surface area contributed by atoms with Crippen LogP contribution in [0, 0.1) is 29.3 Å². The first-order chi connectivity index (χ1) is 16.8. The van der Waals surface area contributed by atoms with E-state index in [-0.39, 0.29) is 33.0 Å². The van der Waals surface area contributed by atoms with Gasteiger partial charge in [0.1, 0.15) is 0 Å². The molecule has 2 saturated carbocycles. The summed E-state index contributed by atoms with van der Waals surface area (Å²) in [6.07, 6.45) is 2.58. The minimum atomic E-state index is -3.93. The summed E-state index contributed by atoms with van der Waals surface area (Å²) in [7, 11) is -3.93. The van der Waals surface area contributed by atoms with Crippen LogP contribution in [0.3, 0.4) is 0 Å². The summed E-state index contributed by atoms with van der Waals surface area (Å²) < 4.78 is 79.9. The van der Waals surface area contributed by atoms with Crippen LogP contribution in [0.2, 0.25) is 5.02 Å². The minimum Gasteiger partial charge on any atom is -0.347 e. The Kier molecular flexibility index (Phi) is 6.18. The summed E-state index contributed by atoms with van der Waals surface area (Å²) in [6.45, 7) is 4.11. The first kappa shape index (κ1) is 25.5. The van der Waals surface area contributed by atoms with Crippen molar-refractivity contribution in [2.24, 2.45) is 11.8 Å². The number of carbonyl (C=O) groups excluding carboxylic acids is 1. The highest BCUT2D eigenvalue weighted by atomic mass is 35.5. The molecule has 3 aliphatic rings. The monoisotopic (exact) mass is 543 g/mol. The van der Waals surface area contributed by atoms with Crippen LogP contribution >= 0.6 is 11.6 Å². The smallest absolute Gasteiger partial charge is 0.255 e. The lowest BCUT2D eigenvalue weighted by Crippen LogP contribution is -2.48. The highest BCUT2D eigenvalue weighted by Crippen LogP contribution is 2.55. The predicted molar refractivity (Wildman–Crippen MR) is 126 cm³/mol. The van der Waals surface area contributed by atoms with Crippen LogP contribution in [0.1, 0.15) is 49.9 Å². The van der Waals surface area contributed by atoms with Gasteiger partial charge in [-0.3, -0.25) is 4.79 Å². The van der Waals surface area contributed by atoms with Gasteiger partial charge >= 0.3 is 0 Å². The van der Waals surface area contributed by atoms with Gasteiger partial charge in [-0.05, 0) is 69.6 Å². The normalized spacial score (nSPS) is 29.0. The number of benzene rings is 2. The third kappa shape index (κ3) is 4.42. The molecule has 0 aromatic heterocycles. The molecule has 4 atom stereocenters. The van der Waals surface area contributed by atoms with E-state index in [0.717, 1.165) is 12.8 Å². The lowest BCUT2D eigenvalue weighted by atomic mass is 9.77. The summed E-state index contributed by atoms with van der Waals surface area (Å²) in [5.74, 6) is -6.42. The largest absolute Gasteiger partial charge is 0.347 e. The lowest BCUT2D eigenvalue weighted by Gasteiger charge is -2.41. The summed E-state index contributed by atoms with van der Waals surface area (Å²) in [4.78, 5) is 12.6. The Morgan fingerprint density at radius 1 is 1.06 bits per heavy atom. The number of ether oxygens (including phenoxy) is 2. The van der Waals surface area contributed by atoms with Crippen LogP contribution in [0.5, 0.6) is 0 Å². The van der Waals surface area contributed by atoms with Gasteiger partial charge in [0, 0.05) is 23.4 Å². The number of halogens is 4. The fourth-order valence-electron chi connectivity index (χ4n) is 6.05. The van der Waals surface area contributed by atoms with Crippen molar-refractivity contribution in [1.29, 1.82) is 0 Å². The van der Waals surface area contributed by atoms with E-state index in [4.69, 9.17) is 21.1 Å². The van der Waals surface area contributed by atoms with Crippen molar-refractivity contribution in [2.45, 2.75) is 61.1 Å². The number of sulfone groups is 1. The van der Waals surface area contributed by atoms with Gasteiger partial charge in [-0.15, -0.1) is 0 Å². The second kappa shape index (κ2) is 8.72. The van der Waals surface area contributed by atoms with E-state index in [1.54, 1.807) is 0 Å². The maximum atomic E-state index is 13.8. The van der Waals surface area contributed by atoms with Gasteiger partial charge in [-0.25, -0.2) is 21.6 Å². The van der Waals surface area contributed by atoms with Gasteiger partial charge in [0.25, 0.3) is 5.91 Å². The van der Waals surface area contributed by atoms with E-state index in [2.05, 4.69) is 5.32 Å². The predicted octanol–water partition coefficient (Wildman–Crippen LogP) is 5.49. The number of carbonyl (C=O) groups is 1. The molecule has 3 fully saturated rings. The molecule has 1 amide bonds. The average molecular weight is 544 g/mol. The molecular weight excluding hydrogens is 519 g/mol. The number of rotatable bonds is 4. The van der Waals surface area contributed by atoms with E-state index in [1.807, 2.05) is 13.8 Å². The summed E-state index contributed by atoms with van der Waals surface area (Å²) in [5, 5.41) is 1.57. The number of hydrogen-bond donors (Lipinski definition) is 1. The maximum absolute atomic E-state index is 13.8. The second-order valence-electron chi connectivity index (χ2n) is 10.3. The molecule has 194 valence electrons. The van der Waals surface area contributed by atoms with Gasteiger partial charge in [0.15, 0.2) is 33.1 Å². The van der Waals surface area contributed by atoms with Gasteiger partial charge in [0.2, 0.25) is 0 Å². The number of amides is 1. The third-order valence-corrected chi connectivity index (χ3v) is 10.2. The number of nitrogens with one attached hydrogen (secondary N) is 1. The molecule has 11 heteroatoms. The molecule has 5 rings (SSSR count). The second-order valence-corrected chi connectivity index (χ2v) is 12.8. The molecule has 2 aromatic rings. The fourth-order valence-corrected chi connectivity index (χ4v) is 8.89. The van der Waals surface area contributed by atoms with E-state index in [9.17, 15) is 26.4 Å². The first-order valence-corrected chi connectivity index (χ1v) is 13.6. The van der Waals surface area contributed by atoms with Crippen molar-refractivity contribution < 1.29 is 35.9 Å². The zero-order valence-corrected chi connectivity index (χ0v) is 21.2. The molecule has 2 bridgehead atoms. The molecule has 6 nitrogen and oxygen atoms in total. The van der Waals surface area contributed by atoms with Crippen molar-refractivity contribution in [2.75, 3.05) is 11.9 Å². The Morgan fingerprint density at radius 3 is 2.22 bits per heavy atom. The van der Waals surface area contributed by atoms with Crippen molar-refractivity contribution in [1.82, 2.24) is 0 Å². The highest BCUT2D eigenvalue weighted by Gasteiger charge is 2.58. The van der Waals surface area contributed by atoms with Crippen molar-refractivity contribution in [3.63, 3.8) is 0 Å². The quantitative estimate of drug-likeness (QED) is 0.515. The fraction of sp³-hybridized carbons (Fsp3) is 0.480. The van der Waals surface area contributed by atoms with Gasteiger partial charge < -0.3 is 14.8 Å². The molecule has 1 heterocycles. The maximum Gasteiger partial charge on any atom is 0.255 e. The zero-order valence-electron chi connectivity index (χ0n) is 19.6. The molecule has 3 unspecified atom stereocenters. The van der Waals surface area contributed by atoms with E-state index in [0.29, 0.717) is 31.6 Å². The number of anilines is 1. The van der Waals surface area contributed by atoms with Gasteiger partial charge in [-0.1, -0.05) is 11.6 Å². The summed E-state index contributed by atoms with van der Waals surface area (Å²) >= 11 is 6.30. The molecule has 0 radical (unpaired) electrons. The highest BCUT2D eigenvalue weighted by molar-refractivity contribution is 7.92. The average Bonchev–Trinajstić information content (AvgIpc) is 3.25. The number of fused-ring (bicyclic) bond motifs is 2. The van der Waals surface area contributed by atoms with Gasteiger partial charge in [-0.2, -0.15) is 0 Å². The van der Waals surface area contributed by atoms with Crippen molar-refractivity contribution in [3.05, 3.63) is 58.4 Å². The summed E-state index contributed by atoms with van der Waals surface area (Å²) in [6, 6.07) is 5.05. The standard InChI is InChI=1S/C25H25ClF3NO5S/c1-24(2)34-12-25(35-24)10-14-3-4-15(11-25)22(14)36(32,33)20-7-13(5-6-17(20)26)23(31)30-16-8-18(27)21(29)19(28)9-16/h5-9,14-15,22H,3-4,10-12H2,1-2H3,(H,30,31)/t14-,15?,22?,25?/m0/s1. The van der Waals surface area contributed by atoms with E-state index >= 15 is 0 Å². The van der Waals surface area contributed by atoms with Gasteiger partial charge in [0.05, 0.1) is 27.4 Å². The molecular formula is C25H25ClF3NO5S. The van der Waals surface area contributed by atoms with E-state index in [1.165, 1.54) is 18.2 Å². The Bertz CT molecular complexity index is 1310. The van der Waals surface area contributed by atoms with Crippen LogP contribution in [-0.4, -0.2) is 37.6 Å². The van der Waals surface area contributed by atoms with Crippen molar-refractivity contribution in [3.8, 4) is 0 Å². The molecule has 1 aliphatic heterocycles. The number of hydrogen-bond acceptors (Lipinski definition) is 5. The first-order valence-electron chi connectivity index (χ1n) is 11.6. The topological polar surface area (TPSA) is 81.7 Å². The minimum absolute atomic E-state index is 0.0216. The lowest BCUT2D eigenvalue weighted by molar-refractivity contribution is -0.171. The third-order valence-electron chi connectivity index (χ3n) is 7.35. The van der Waals surface area contributed by atoms with Crippen LogP contribution in [0.25, 0.3) is 0 Å². The Morgan fingerprint density at radius 2 is 1.67 bits per heavy atom. The molecule has 2 aliphatic carbocycles. The SMILES string of the molecule is CC1(C)OCC2(CC3CC[C@@H](C2)C3S(=O)(=O)c2cc(C(=O)Nc3cc(F)c(F)c(F)c3)ccc2Cl)O1. The molecule has 2 aromatic carbocycles. The van der Waals surface area contributed by atoms with Crippen LogP contribution in [-0.2, 0) is 19.3 Å². The molecule has 1 saturated heterocycles. The van der Waals surface area contributed by atoms with E-state index < -0.39 is 49.8 Å². The summed E-state index contributed by atoms with van der Waals surface area (Å²) in [5.41, 5.74) is -0.892. The molecule has 36 heavy (non-hydrogen) atoms. The van der Waals surface area contributed by atoms with Crippen molar-refractivity contribution >= 4 is 33.0 Å². The van der Waals surface area contributed by atoms with Crippen LogP contribution < -0.4 is 5.32 Å². The molecule has 1 spiro atoms. The Labute approximate surface area is 212 Å². The van der Waals surface area contributed by atoms with Crippen LogP contribution in [0.4, 0.5) is 18.9 Å². The molecule has 1 N–H and O–H groups in total. The van der Waals surface area contributed by atoms with Crippen LogP contribution in [0.15, 0.2) is 35.2 Å².